The smallest absolute Gasteiger partial charge is 0.240 e. The minimum absolute atomic E-state index is 0.0266. The van der Waals surface area contributed by atoms with Crippen LogP contribution in [0.5, 0.6) is 0 Å². The molecule has 2 N–H and O–H groups in total. The first-order valence-electron chi connectivity index (χ1n) is 7.58. The first-order chi connectivity index (χ1) is 10.5. The van der Waals surface area contributed by atoms with Crippen molar-refractivity contribution in [1.29, 1.82) is 0 Å². The monoisotopic (exact) mass is 305 g/mol. The molecule has 0 bridgehead atoms. The number of hydrogen-bond donors (Lipinski definition) is 2. The van der Waals surface area contributed by atoms with Crippen LogP contribution in [0.4, 0.5) is 0 Å². The van der Waals surface area contributed by atoms with Gasteiger partial charge in [-0.05, 0) is 18.8 Å². The fraction of sp³-hybridized carbons (Fsp3) is 0.600. The Kier molecular flexibility index (Phi) is 5.30. The van der Waals surface area contributed by atoms with E-state index >= 15 is 0 Å². The van der Waals surface area contributed by atoms with Gasteiger partial charge < -0.3 is 9.88 Å². The van der Waals surface area contributed by atoms with E-state index in [1.165, 1.54) is 0 Å². The molecule has 2 rings (SSSR count). The lowest BCUT2D eigenvalue weighted by Gasteiger charge is -2.22. The lowest BCUT2D eigenvalue weighted by Crippen LogP contribution is -2.34. The van der Waals surface area contributed by atoms with E-state index in [1.807, 2.05) is 17.8 Å². The maximum absolute atomic E-state index is 12.2. The number of aryl methyl sites for hydroxylation is 1. The molecule has 1 aromatic heterocycles. The van der Waals surface area contributed by atoms with Gasteiger partial charge in [-0.2, -0.15) is 5.10 Å². The molecular formula is C15H23N5O2. The van der Waals surface area contributed by atoms with Gasteiger partial charge in [0.2, 0.25) is 11.8 Å². The van der Waals surface area contributed by atoms with Crippen molar-refractivity contribution in [1.82, 2.24) is 20.3 Å². The highest BCUT2D eigenvalue weighted by molar-refractivity contribution is 5.94. The van der Waals surface area contributed by atoms with Crippen molar-refractivity contribution < 1.29 is 9.59 Å². The number of carbonyl (C=O) groups excluding carboxylic acids is 2. The molecule has 1 aliphatic heterocycles. The van der Waals surface area contributed by atoms with E-state index in [-0.39, 0.29) is 23.8 Å². The number of nitrogens with zero attached hydrogens (tertiary/aromatic N) is 3. The average Bonchev–Trinajstić information content (AvgIpc) is 2.90. The first kappa shape index (κ1) is 16.2. The Morgan fingerprint density at radius 3 is 2.77 bits per heavy atom. The minimum atomic E-state index is -0.111. The molecule has 2 amide bonds. The molecule has 1 aromatic rings. The number of nitrogens with one attached hydrogen (secondary N) is 2. The van der Waals surface area contributed by atoms with E-state index in [0.29, 0.717) is 25.7 Å². The van der Waals surface area contributed by atoms with Gasteiger partial charge in [-0.15, -0.1) is 0 Å². The zero-order valence-electron chi connectivity index (χ0n) is 13.3. The topological polar surface area (TPSA) is 88.4 Å². The number of carbonyl (C=O) groups is 2. The fourth-order valence-corrected chi connectivity index (χ4v) is 2.40. The number of aromatic nitrogens is 2. The average molecular weight is 305 g/mol. The lowest BCUT2D eigenvalue weighted by atomic mass is 10.0. The Labute approximate surface area is 130 Å². The van der Waals surface area contributed by atoms with E-state index in [0.717, 1.165) is 11.5 Å². The standard InChI is InChI=1S/C15H23N5O2/c1-10(2)14(15-16-8-9-20(15)3)17-12(21)6-4-11-5-7-13(22)19-18-11/h8-10,14H,4-7H2,1-3H3,(H,17,21)(H,19,22)/t14-/m1/s1. The van der Waals surface area contributed by atoms with Gasteiger partial charge in [0, 0.05) is 38.0 Å². The van der Waals surface area contributed by atoms with Gasteiger partial charge in [-0.1, -0.05) is 13.8 Å². The van der Waals surface area contributed by atoms with Gasteiger partial charge in [0.25, 0.3) is 0 Å². The highest BCUT2D eigenvalue weighted by Gasteiger charge is 2.22. The predicted molar refractivity (Wildman–Crippen MR) is 83.0 cm³/mol. The summed E-state index contributed by atoms with van der Waals surface area (Å²) in [6, 6.07) is -0.111. The Bertz CT molecular complexity index is 576. The van der Waals surface area contributed by atoms with Crippen molar-refractivity contribution in [3.05, 3.63) is 18.2 Å². The number of hydrogen-bond acceptors (Lipinski definition) is 4. The third kappa shape index (κ3) is 4.16. The van der Waals surface area contributed by atoms with Crippen LogP contribution >= 0.6 is 0 Å². The second-order valence-corrected chi connectivity index (χ2v) is 5.90. The summed E-state index contributed by atoms with van der Waals surface area (Å²) in [7, 11) is 1.92. The Balaban J connectivity index is 1.89. The summed E-state index contributed by atoms with van der Waals surface area (Å²) in [6.07, 6.45) is 5.61. The highest BCUT2D eigenvalue weighted by Crippen LogP contribution is 2.20. The van der Waals surface area contributed by atoms with Crippen LogP contribution in [0.1, 0.15) is 51.4 Å². The van der Waals surface area contributed by atoms with Crippen LogP contribution in [0, 0.1) is 5.92 Å². The quantitative estimate of drug-likeness (QED) is 0.829. The summed E-state index contributed by atoms with van der Waals surface area (Å²) in [5.74, 6) is 1.01. The molecule has 0 unspecified atom stereocenters. The molecule has 2 heterocycles. The SMILES string of the molecule is CC(C)[C@@H](NC(=O)CCC1=NNC(=O)CC1)c1nccn1C. The van der Waals surface area contributed by atoms with E-state index in [9.17, 15) is 9.59 Å². The molecule has 0 saturated carbocycles. The van der Waals surface area contributed by atoms with Gasteiger partial charge in [0.15, 0.2) is 0 Å². The molecule has 7 heteroatoms. The summed E-state index contributed by atoms with van der Waals surface area (Å²) >= 11 is 0. The zero-order chi connectivity index (χ0) is 16.1. The predicted octanol–water partition coefficient (Wildman–Crippen LogP) is 1.28. The molecule has 0 aliphatic carbocycles. The highest BCUT2D eigenvalue weighted by atomic mass is 16.2. The Hall–Kier alpha value is -2.18. The van der Waals surface area contributed by atoms with Crippen molar-refractivity contribution in [2.75, 3.05) is 0 Å². The van der Waals surface area contributed by atoms with Gasteiger partial charge in [-0.25, -0.2) is 10.4 Å². The number of amides is 2. The van der Waals surface area contributed by atoms with E-state index in [2.05, 4.69) is 34.7 Å². The second kappa shape index (κ2) is 7.20. The van der Waals surface area contributed by atoms with Crippen molar-refractivity contribution in [3.8, 4) is 0 Å². The van der Waals surface area contributed by atoms with Crippen LogP contribution in [0.25, 0.3) is 0 Å². The van der Waals surface area contributed by atoms with Gasteiger partial charge in [0.1, 0.15) is 5.82 Å². The first-order valence-corrected chi connectivity index (χ1v) is 7.58. The zero-order valence-corrected chi connectivity index (χ0v) is 13.3. The summed E-state index contributed by atoms with van der Waals surface area (Å²) in [4.78, 5) is 27.5. The van der Waals surface area contributed by atoms with Crippen molar-refractivity contribution in [3.63, 3.8) is 0 Å². The Morgan fingerprint density at radius 1 is 1.45 bits per heavy atom. The number of rotatable bonds is 6. The molecule has 0 spiro atoms. The molecule has 0 radical (unpaired) electrons. The Morgan fingerprint density at radius 2 is 2.23 bits per heavy atom. The van der Waals surface area contributed by atoms with Gasteiger partial charge in [0.05, 0.1) is 6.04 Å². The summed E-state index contributed by atoms with van der Waals surface area (Å²) in [5, 5.41) is 7.02. The summed E-state index contributed by atoms with van der Waals surface area (Å²) < 4.78 is 1.92. The lowest BCUT2D eigenvalue weighted by molar-refractivity contribution is -0.122. The molecule has 120 valence electrons. The minimum Gasteiger partial charge on any atom is -0.346 e. The summed E-state index contributed by atoms with van der Waals surface area (Å²) in [5.41, 5.74) is 3.32. The van der Waals surface area contributed by atoms with Crippen molar-refractivity contribution >= 4 is 17.5 Å². The van der Waals surface area contributed by atoms with Gasteiger partial charge >= 0.3 is 0 Å². The second-order valence-electron chi connectivity index (χ2n) is 5.90. The van der Waals surface area contributed by atoms with Crippen LogP contribution in [0.3, 0.4) is 0 Å². The van der Waals surface area contributed by atoms with Crippen LogP contribution in [0.15, 0.2) is 17.5 Å². The van der Waals surface area contributed by atoms with Crippen molar-refractivity contribution in [2.45, 2.75) is 45.6 Å². The normalized spacial score (nSPS) is 16.2. The maximum atomic E-state index is 12.2. The van der Waals surface area contributed by atoms with Gasteiger partial charge in [-0.3, -0.25) is 9.59 Å². The molecule has 7 nitrogen and oxygen atoms in total. The molecular weight excluding hydrogens is 282 g/mol. The van der Waals surface area contributed by atoms with Crippen LogP contribution in [-0.2, 0) is 16.6 Å². The van der Waals surface area contributed by atoms with Crippen molar-refractivity contribution in [2.24, 2.45) is 18.1 Å². The summed E-state index contributed by atoms with van der Waals surface area (Å²) in [6.45, 7) is 4.11. The molecule has 0 saturated heterocycles. The van der Waals surface area contributed by atoms with E-state index in [1.54, 1.807) is 6.20 Å². The molecule has 1 aliphatic rings. The third-order valence-electron chi connectivity index (χ3n) is 3.74. The van der Waals surface area contributed by atoms with Crippen LogP contribution < -0.4 is 10.7 Å². The molecule has 22 heavy (non-hydrogen) atoms. The van der Waals surface area contributed by atoms with E-state index < -0.39 is 0 Å². The maximum Gasteiger partial charge on any atom is 0.240 e. The number of hydrazone groups is 1. The third-order valence-corrected chi connectivity index (χ3v) is 3.74. The van der Waals surface area contributed by atoms with E-state index in [4.69, 9.17) is 0 Å². The largest absolute Gasteiger partial charge is 0.346 e. The fourth-order valence-electron chi connectivity index (χ4n) is 2.40. The molecule has 0 fully saturated rings. The number of imidazole rings is 1. The molecule has 0 aromatic carbocycles. The van der Waals surface area contributed by atoms with Crippen LogP contribution in [-0.4, -0.2) is 27.1 Å². The van der Waals surface area contributed by atoms with Crippen LogP contribution in [0.2, 0.25) is 0 Å². The molecule has 1 atom stereocenters.